The molecular weight excluding hydrogens is 456 g/mol. The van der Waals surface area contributed by atoms with E-state index in [0.29, 0.717) is 33.7 Å². The average molecular weight is 481 g/mol. The lowest BCUT2D eigenvalue weighted by Crippen LogP contribution is -2.41. The molecule has 8 nitrogen and oxygen atoms in total. The van der Waals surface area contributed by atoms with Gasteiger partial charge in [-0.15, -0.1) is 11.3 Å². The topological polar surface area (TPSA) is 99.8 Å². The van der Waals surface area contributed by atoms with Crippen molar-refractivity contribution in [2.45, 2.75) is 26.4 Å². The van der Waals surface area contributed by atoms with E-state index in [-0.39, 0.29) is 6.54 Å². The van der Waals surface area contributed by atoms with E-state index in [1.54, 1.807) is 14.2 Å². The molecular formula is C25H24N2O6S. The van der Waals surface area contributed by atoms with E-state index < -0.39 is 23.8 Å². The standard InChI is InChI=1S/C25H24N2O6S/c1-15-21-23(30)27(14-20(28)29)25(31)26(13-12-16-6-4-5-7-19(16)33-3)24(21)34-22(15)17-8-10-18(32-2)11-9-17/h4-11H,12-14H2,1-3H3,(H,28,29). The molecule has 0 aliphatic rings. The van der Waals surface area contributed by atoms with Crippen LogP contribution < -0.4 is 20.7 Å². The van der Waals surface area contributed by atoms with Crippen molar-refractivity contribution in [2.75, 3.05) is 14.2 Å². The van der Waals surface area contributed by atoms with E-state index in [1.807, 2.05) is 55.5 Å². The average Bonchev–Trinajstić information content (AvgIpc) is 3.18. The number of fused-ring (bicyclic) bond motifs is 1. The summed E-state index contributed by atoms with van der Waals surface area (Å²) < 4.78 is 12.9. The third-order valence-electron chi connectivity index (χ3n) is 5.74. The SMILES string of the molecule is COc1ccc(-c2sc3c(c2C)c(=O)n(CC(=O)O)c(=O)n3CCc2ccccc2OC)cc1. The van der Waals surface area contributed by atoms with Crippen LogP contribution in [0.1, 0.15) is 11.1 Å². The van der Waals surface area contributed by atoms with Gasteiger partial charge in [-0.2, -0.15) is 0 Å². The van der Waals surface area contributed by atoms with Gasteiger partial charge < -0.3 is 14.6 Å². The summed E-state index contributed by atoms with van der Waals surface area (Å²) in [5.74, 6) is 0.157. The zero-order valence-corrected chi connectivity index (χ0v) is 19.8. The normalized spacial score (nSPS) is 11.0. The van der Waals surface area contributed by atoms with Crippen molar-refractivity contribution >= 4 is 27.5 Å². The molecule has 0 spiro atoms. The van der Waals surface area contributed by atoms with E-state index in [1.165, 1.54) is 15.9 Å². The van der Waals surface area contributed by atoms with Gasteiger partial charge in [0.25, 0.3) is 5.56 Å². The fourth-order valence-corrected chi connectivity index (χ4v) is 5.35. The lowest BCUT2D eigenvalue weighted by Gasteiger charge is -2.12. The summed E-state index contributed by atoms with van der Waals surface area (Å²) in [4.78, 5) is 39.3. The molecule has 9 heteroatoms. The molecule has 0 atom stereocenters. The summed E-state index contributed by atoms with van der Waals surface area (Å²) in [6.07, 6.45) is 0.471. The molecule has 0 bridgehead atoms. The van der Waals surface area contributed by atoms with Crippen LogP contribution in [-0.4, -0.2) is 34.4 Å². The molecule has 2 aromatic heterocycles. The van der Waals surface area contributed by atoms with Crippen LogP contribution >= 0.6 is 11.3 Å². The summed E-state index contributed by atoms with van der Waals surface area (Å²) in [5, 5.41) is 9.68. The van der Waals surface area contributed by atoms with Gasteiger partial charge in [-0.05, 0) is 60.4 Å². The van der Waals surface area contributed by atoms with Gasteiger partial charge in [0.05, 0.1) is 19.6 Å². The second-order valence-electron chi connectivity index (χ2n) is 7.75. The fraction of sp³-hybridized carbons (Fsp3) is 0.240. The summed E-state index contributed by atoms with van der Waals surface area (Å²) >= 11 is 1.35. The van der Waals surface area contributed by atoms with Crippen molar-refractivity contribution in [1.29, 1.82) is 0 Å². The Morgan fingerprint density at radius 3 is 2.35 bits per heavy atom. The number of hydrogen-bond donors (Lipinski definition) is 1. The van der Waals surface area contributed by atoms with E-state index in [4.69, 9.17) is 9.47 Å². The molecule has 34 heavy (non-hydrogen) atoms. The molecule has 4 aromatic rings. The Balaban J connectivity index is 1.91. The summed E-state index contributed by atoms with van der Waals surface area (Å²) in [6.45, 7) is 1.38. The molecule has 0 amide bonds. The van der Waals surface area contributed by atoms with Crippen LogP contribution in [0.4, 0.5) is 0 Å². The highest BCUT2D eigenvalue weighted by molar-refractivity contribution is 7.22. The summed E-state index contributed by atoms with van der Waals surface area (Å²) in [7, 11) is 3.17. The number of carboxylic acid groups (broad SMARTS) is 1. The number of hydrogen-bond acceptors (Lipinski definition) is 6. The summed E-state index contributed by atoms with van der Waals surface area (Å²) in [5.41, 5.74) is 1.26. The molecule has 2 heterocycles. The minimum absolute atomic E-state index is 0.262. The van der Waals surface area contributed by atoms with Crippen molar-refractivity contribution in [1.82, 2.24) is 9.13 Å². The second kappa shape index (κ2) is 9.56. The Kier molecular flexibility index (Phi) is 6.56. The third-order valence-corrected chi connectivity index (χ3v) is 7.10. The third kappa shape index (κ3) is 4.22. The number of carbonyl (C=O) groups is 1. The maximum Gasteiger partial charge on any atom is 0.332 e. The van der Waals surface area contributed by atoms with E-state index in [9.17, 15) is 19.5 Å². The van der Waals surface area contributed by atoms with Crippen LogP contribution in [0.2, 0.25) is 0 Å². The molecule has 0 saturated carbocycles. The highest BCUT2D eigenvalue weighted by atomic mass is 32.1. The van der Waals surface area contributed by atoms with Crippen LogP contribution in [0, 0.1) is 6.92 Å². The predicted molar refractivity (Wildman–Crippen MR) is 131 cm³/mol. The smallest absolute Gasteiger partial charge is 0.332 e. The molecule has 176 valence electrons. The number of ether oxygens (including phenoxy) is 2. The first-order valence-electron chi connectivity index (χ1n) is 10.6. The fourth-order valence-electron chi connectivity index (χ4n) is 4.03. The number of nitrogens with zero attached hydrogens (tertiary/aromatic N) is 2. The van der Waals surface area contributed by atoms with E-state index >= 15 is 0 Å². The van der Waals surface area contributed by atoms with Gasteiger partial charge in [0.15, 0.2) is 0 Å². The number of carboxylic acids is 1. The lowest BCUT2D eigenvalue weighted by molar-refractivity contribution is -0.137. The molecule has 0 unspecified atom stereocenters. The van der Waals surface area contributed by atoms with Crippen molar-refractivity contribution in [3.05, 3.63) is 80.5 Å². The van der Waals surface area contributed by atoms with Gasteiger partial charge in [-0.25, -0.2) is 9.36 Å². The number of aromatic nitrogens is 2. The molecule has 0 aliphatic heterocycles. The zero-order valence-electron chi connectivity index (χ0n) is 19.0. The van der Waals surface area contributed by atoms with E-state index in [0.717, 1.165) is 20.6 Å². The number of aliphatic carboxylic acids is 1. The van der Waals surface area contributed by atoms with Crippen LogP contribution in [0.15, 0.2) is 58.1 Å². The van der Waals surface area contributed by atoms with Gasteiger partial charge >= 0.3 is 11.7 Å². The Bertz CT molecular complexity index is 1480. The Labute approximate surface area is 199 Å². The van der Waals surface area contributed by atoms with Gasteiger partial charge in [-0.3, -0.25) is 14.2 Å². The molecule has 0 radical (unpaired) electrons. The van der Waals surface area contributed by atoms with Crippen molar-refractivity contribution < 1.29 is 19.4 Å². The summed E-state index contributed by atoms with van der Waals surface area (Å²) in [6, 6.07) is 15.0. The molecule has 1 N–H and O–H groups in total. The Morgan fingerprint density at radius 1 is 1.00 bits per heavy atom. The minimum Gasteiger partial charge on any atom is -0.497 e. The zero-order chi connectivity index (χ0) is 24.4. The minimum atomic E-state index is -1.25. The monoisotopic (exact) mass is 480 g/mol. The lowest BCUT2D eigenvalue weighted by atomic mass is 10.1. The first-order chi connectivity index (χ1) is 16.3. The van der Waals surface area contributed by atoms with Gasteiger partial charge in [0.2, 0.25) is 0 Å². The van der Waals surface area contributed by atoms with Crippen LogP contribution in [0.25, 0.3) is 20.7 Å². The Hall–Kier alpha value is -3.85. The number of para-hydroxylation sites is 1. The maximum atomic E-state index is 13.3. The number of methoxy groups -OCH3 is 2. The molecule has 0 fully saturated rings. The second-order valence-corrected chi connectivity index (χ2v) is 8.75. The largest absolute Gasteiger partial charge is 0.497 e. The highest BCUT2D eigenvalue weighted by Crippen LogP contribution is 2.37. The van der Waals surface area contributed by atoms with Crippen LogP contribution in [0.3, 0.4) is 0 Å². The molecule has 0 saturated heterocycles. The van der Waals surface area contributed by atoms with Crippen LogP contribution in [0.5, 0.6) is 11.5 Å². The van der Waals surface area contributed by atoms with Gasteiger partial charge in [0, 0.05) is 11.4 Å². The molecule has 0 aliphatic carbocycles. The van der Waals surface area contributed by atoms with Gasteiger partial charge in [-0.1, -0.05) is 18.2 Å². The quantitative estimate of drug-likeness (QED) is 0.414. The van der Waals surface area contributed by atoms with Crippen molar-refractivity contribution in [3.63, 3.8) is 0 Å². The maximum absolute atomic E-state index is 13.3. The number of rotatable bonds is 8. The first kappa shape index (κ1) is 23.3. The van der Waals surface area contributed by atoms with Gasteiger partial charge in [0.1, 0.15) is 22.9 Å². The molecule has 2 aromatic carbocycles. The highest BCUT2D eigenvalue weighted by Gasteiger charge is 2.22. The van der Waals surface area contributed by atoms with Crippen molar-refractivity contribution in [2.24, 2.45) is 0 Å². The Morgan fingerprint density at radius 2 is 1.71 bits per heavy atom. The predicted octanol–water partition coefficient (Wildman–Crippen LogP) is 3.54. The first-order valence-corrected chi connectivity index (χ1v) is 11.4. The number of benzene rings is 2. The van der Waals surface area contributed by atoms with Crippen molar-refractivity contribution in [3.8, 4) is 21.9 Å². The molecule has 4 rings (SSSR count). The van der Waals surface area contributed by atoms with E-state index in [2.05, 4.69) is 0 Å². The number of aryl methyl sites for hydroxylation is 3. The van der Waals surface area contributed by atoms with Crippen LogP contribution in [-0.2, 0) is 24.3 Å². The number of thiophene rings is 1.